The van der Waals surface area contributed by atoms with Crippen LogP contribution >= 0.6 is 0 Å². The SMILES string of the molecule is CC#CCOC(=O)C1C=CC=CC=C1. The second-order valence-electron chi connectivity index (χ2n) is 2.71. The van der Waals surface area contributed by atoms with Crippen molar-refractivity contribution in [2.45, 2.75) is 6.92 Å². The highest BCUT2D eigenvalue weighted by molar-refractivity contribution is 5.77. The van der Waals surface area contributed by atoms with Crippen LogP contribution in [0.3, 0.4) is 0 Å². The summed E-state index contributed by atoms with van der Waals surface area (Å²) in [6.07, 6.45) is 11.0. The van der Waals surface area contributed by atoms with E-state index in [1.807, 2.05) is 24.3 Å². The Kier molecular flexibility index (Phi) is 4.30. The Morgan fingerprint density at radius 3 is 2.50 bits per heavy atom. The van der Waals surface area contributed by atoms with Crippen molar-refractivity contribution in [3.63, 3.8) is 0 Å². The zero-order chi connectivity index (χ0) is 10.2. The van der Waals surface area contributed by atoms with Crippen molar-refractivity contribution in [1.29, 1.82) is 0 Å². The molecule has 0 unspecified atom stereocenters. The number of carbonyl (C=O) groups is 1. The molecule has 0 aliphatic heterocycles. The summed E-state index contributed by atoms with van der Waals surface area (Å²) in [5, 5.41) is 0. The lowest BCUT2D eigenvalue weighted by molar-refractivity contribution is -0.143. The summed E-state index contributed by atoms with van der Waals surface area (Å²) in [5.74, 6) is 4.79. The molecule has 2 nitrogen and oxygen atoms in total. The number of allylic oxidation sites excluding steroid dienone is 4. The Hall–Kier alpha value is -1.75. The average Bonchev–Trinajstić information content (AvgIpc) is 2.46. The van der Waals surface area contributed by atoms with Crippen molar-refractivity contribution < 1.29 is 9.53 Å². The maximum atomic E-state index is 11.4. The highest BCUT2D eigenvalue weighted by Gasteiger charge is 2.12. The molecule has 0 amide bonds. The van der Waals surface area contributed by atoms with Gasteiger partial charge in [0.25, 0.3) is 0 Å². The monoisotopic (exact) mass is 188 g/mol. The molecule has 0 bridgehead atoms. The molecular weight excluding hydrogens is 176 g/mol. The summed E-state index contributed by atoms with van der Waals surface area (Å²) in [6, 6.07) is 0. The van der Waals surface area contributed by atoms with Gasteiger partial charge < -0.3 is 4.74 Å². The third-order valence-electron chi connectivity index (χ3n) is 1.71. The van der Waals surface area contributed by atoms with Crippen molar-refractivity contribution >= 4 is 5.97 Å². The van der Waals surface area contributed by atoms with Crippen LogP contribution in [-0.4, -0.2) is 12.6 Å². The van der Waals surface area contributed by atoms with E-state index in [1.54, 1.807) is 19.1 Å². The Balaban J connectivity index is 2.47. The fourth-order valence-electron chi connectivity index (χ4n) is 0.993. The molecule has 0 spiro atoms. The third-order valence-corrected chi connectivity index (χ3v) is 1.71. The lowest BCUT2D eigenvalue weighted by Gasteiger charge is -2.04. The molecule has 0 radical (unpaired) electrons. The maximum absolute atomic E-state index is 11.4. The van der Waals surface area contributed by atoms with Gasteiger partial charge in [0.15, 0.2) is 6.61 Å². The maximum Gasteiger partial charge on any atom is 0.317 e. The molecule has 0 aromatic rings. The van der Waals surface area contributed by atoms with E-state index in [-0.39, 0.29) is 18.5 Å². The minimum absolute atomic E-state index is 0.168. The van der Waals surface area contributed by atoms with Gasteiger partial charge in [-0.3, -0.25) is 4.79 Å². The molecule has 0 aromatic heterocycles. The van der Waals surface area contributed by atoms with Crippen molar-refractivity contribution in [1.82, 2.24) is 0 Å². The molecule has 0 saturated heterocycles. The molecule has 1 aliphatic rings. The minimum atomic E-state index is -0.288. The first kappa shape index (κ1) is 10.3. The van der Waals surface area contributed by atoms with E-state index in [9.17, 15) is 4.79 Å². The van der Waals surface area contributed by atoms with E-state index in [1.165, 1.54) is 0 Å². The first-order chi connectivity index (χ1) is 6.84. The van der Waals surface area contributed by atoms with Crippen LogP contribution in [-0.2, 0) is 9.53 Å². The number of hydrogen-bond donors (Lipinski definition) is 0. The molecule has 2 heteroatoms. The van der Waals surface area contributed by atoms with Gasteiger partial charge in [-0.05, 0) is 6.92 Å². The van der Waals surface area contributed by atoms with Gasteiger partial charge in [-0.1, -0.05) is 42.4 Å². The minimum Gasteiger partial charge on any atom is -0.452 e. The van der Waals surface area contributed by atoms with Crippen molar-refractivity contribution in [2.24, 2.45) is 5.92 Å². The summed E-state index contributed by atoms with van der Waals surface area (Å²) >= 11 is 0. The Morgan fingerprint density at radius 1 is 1.29 bits per heavy atom. The molecule has 0 saturated carbocycles. The van der Waals surface area contributed by atoms with Gasteiger partial charge in [0, 0.05) is 0 Å². The van der Waals surface area contributed by atoms with Crippen LogP contribution in [0.5, 0.6) is 0 Å². The molecule has 14 heavy (non-hydrogen) atoms. The van der Waals surface area contributed by atoms with Crippen LogP contribution < -0.4 is 0 Å². The molecule has 0 heterocycles. The van der Waals surface area contributed by atoms with E-state index in [4.69, 9.17) is 4.74 Å². The summed E-state index contributed by atoms with van der Waals surface area (Å²) in [7, 11) is 0. The van der Waals surface area contributed by atoms with Gasteiger partial charge >= 0.3 is 5.97 Å². The van der Waals surface area contributed by atoms with Crippen LogP contribution in [0, 0.1) is 17.8 Å². The molecule has 72 valence electrons. The zero-order valence-electron chi connectivity index (χ0n) is 8.07. The molecule has 1 aliphatic carbocycles. The molecule has 0 fully saturated rings. The predicted octanol–water partition coefficient (Wildman–Crippen LogP) is 1.85. The number of hydrogen-bond acceptors (Lipinski definition) is 2. The Bertz CT molecular complexity index is 321. The van der Waals surface area contributed by atoms with Gasteiger partial charge in [-0.2, -0.15) is 0 Å². The van der Waals surface area contributed by atoms with E-state index >= 15 is 0 Å². The zero-order valence-corrected chi connectivity index (χ0v) is 8.07. The third kappa shape index (κ3) is 3.32. The second-order valence-corrected chi connectivity index (χ2v) is 2.71. The van der Waals surface area contributed by atoms with E-state index in [0.29, 0.717) is 0 Å². The fraction of sp³-hybridized carbons (Fsp3) is 0.250. The first-order valence-electron chi connectivity index (χ1n) is 4.42. The molecule has 0 N–H and O–H groups in total. The van der Waals surface area contributed by atoms with Gasteiger partial charge in [0.2, 0.25) is 0 Å². The van der Waals surface area contributed by atoms with Gasteiger partial charge in [0.05, 0.1) is 5.92 Å². The number of esters is 1. The summed E-state index contributed by atoms with van der Waals surface area (Å²) in [4.78, 5) is 11.4. The number of carbonyl (C=O) groups excluding carboxylic acids is 1. The van der Waals surface area contributed by atoms with Crippen LogP contribution in [0.4, 0.5) is 0 Å². The Labute approximate surface area is 84.0 Å². The largest absolute Gasteiger partial charge is 0.452 e. The summed E-state index contributed by atoms with van der Waals surface area (Å²) in [5.41, 5.74) is 0. The van der Waals surface area contributed by atoms with Crippen LogP contribution in [0.1, 0.15) is 6.92 Å². The average molecular weight is 188 g/mol. The van der Waals surface area contributed by atoms with Crippen molar-refractivity contribution in [2.75, 3.05) is 6.61 Å². The van der Waals surface area contributed by atoms with Crippen LogP contribution in [0.2, 0.25) is 0 Å². The van der Waals surface area contributed by atoms with Crippen molar-refractivity contribution in [3.8, 4) is 11.8 Å². The van der Waals surface area contributed by atoms with Crippen LogP contribution in [0.15, 0.2) is 36.5 Å². The van der Waals surface area contributed by atoms with Gasteiger partial charge in [-0.25, -0.2) is 0 Å². The lowest BCUT2D eigenvalue weighted by atomic mass is 10.1. The van der Waals surface area contributed by atoms with Crippen molar-refractivity contribution in [3.05, 3.63) is 36.5 Å². The van der Waals surface area contributed by atoms with E-state index < -0.39 is 0 Å². The number of rotatable bonds is 2. The quantitative estimate of drug-likeness (QED) is 0.488. The smallest absolute Gasteiger partial charge is 0.317 e. The normalized spacial score (nSPS) is 14.4. The topological polar surface area (TPSA) is 26.3 Å². The van der Waals surface area contributed by atoms with Crippen LogP contribution in [0.25, 0.3) is 0 Å². The predicted molar refractivity (Wildman–Crippen MR) is 55.3 cm³/mol. The summed E-state index contributed by atoms with van der Waals surface area (Å²) in [6.45, 7) is 1.88. The highest BCUT2D eigenvalue weighted by atomic mass is 16.5. The fourth-order valence-corrected chi connectivity index (χ4v) is 0.993. The van der Waals surface area contributed by atoms with E-state index in [2.05, 4.69) is 11.8 Å². The Morgan fingerprint density at radius 2 is 1.93 bits per heavy atom. The van der Waals surface area contributed by atoms with Gasteiger partial charge in [0.1, 0.15) is 0 Å². The number of ether oxygens (including phenoxy) is 1. The standard InChI is InChI=1S/C12H12O2/c1-2-3-10-14-12(13)11-8-6-4-5-7-9-11/h4-9,11H,10H2,1H3. The molecular formula is C12H12O2. The highest BCUT2D eigenvalue weighted by Crippen LogP contribution is 2.07. The molecule has 1 rings (SSSR count). The first-order valence-corrected chi connectivity index (χ1v) is 4.42. The van der Waals surface area contributed by atoms with Gasteiger partial charge in [-0.15, -0.1) is 5.92 Å². The molecule has 0 atom stereocenters. The lowest BCUT2D eigenvalue weighted by Crippen LogP contribution is -2.13. The van der Waals surface area contributed by atoms with E-state index in [0.717, 1.165) is 0 Å². The molecule has 0 aromatic carbocycles. The summed E-state index contributed by atoms with van der Waals surface area (Å²) < 4.78 is 4.93. The second kappa shape index (κ2) is 5.82.